The molecule has 7 heteroatoms. The summed E-state index contributed by atoms with van der Waals surface area (Å²) in [4.78, 5) is 19.0. The van der Waals surface area contributed by atoms with Crippen LogP contribution in [0.2, 0.25) is 5.02 Å². The summed E-state index contributed by atoms with van der Waals surface area (Å²) in [6, 6.07) is 7.43. The summed E-state index contributed by atoms with van der Waals surface area (Å²) >= 11 is 6.29. The lowest BCUT2D eigenvalue weighted by Gasteiger charge is -2.13. The molecular weight excluding hydrogens is 326 g/mol. The van der Waals surface area contributed by atoms with E-state index in [2.05, 4.69) is 10.1 Å². The van der Waals surface area contributed by atoms with Crippen molar-refractivity contribution in [3.05, 3.63) is 40.9 Å². The van der Waals surface area contributed by atoms with Crippen LogP contribution < -0.4 is 5.73 Å². The van der Waals surface area contributed by atoms with Crippen LogP contribution in [-0.2, 0) is 0 Å². The van der Waals surface area contributed by atoms with Gasteiger partial charge in [0.1, 0.15) is 5.82 Å². The van der Waals surface area contributed by atoms with Crippen molar-refractivity contribution in [3.8, 4) is 5.69 Å². The summed E-state index contributed by atoms with van der Waals surface area (Å²) < 4.78 is 1.68. The van der Waals surface area contributed by atoms with E-state index < -0.39 is 0 Å². The van der Waals surface area contributed by atoms with Crippen molar-refractivity contribution in [2.45, 2.75) is 26.2 Å². The second-order valence-corrected chi connectivity index (χ2v) is 6.86. The largest absolute Gasteiger partial charge is 0.336 e. The maximum Gasteiger partial charge on any atom is 0.293 e. The lowest BCUT2D eigenvalue weighted by molar-refractivity contribution is 0.0775. The average Bonchev–Trinajstić information content (AvgIpc) is 3.22. The van der Waals surface area contributed by atoms with Crippen LogP contribution in [0.15, 0.2) is 24.3 Å². The fourth-order valence-electron chi connectivity index (χ4n) is 2.94. The summed E-state index contributed by atoms with van der Waals surface area (Å²) in [6.07, 6.45) is 0.935. The molecule has 1 atom stereocenters. The van der Waals surface area contributed by atoms with Crippen molar-refractivity contribution in [2.75, 3.05) is 19.6 Å². The smallest absolute Gasteiger partial charge is 0.293 e. The fraction of sp³-hybridized carbons (Fsp3) is 0.471. The Bertz CT molecular complexity index is 742. The number of likely N-dealkylation sites (tertiary alicyclic amines) is 1. The number of hydrogen-bond acceptors (Lipinski definition) is 4. The van der Waals surface area contributed by atoms with E-state index >= 15 is 0 Å². The first-order chi connectivity index (χ1) is 11.5. The zero-order chi connectivity index (χ0) is 17.3. The van der Waals surface area contributed by atoms with Crippen LogP contribution in [0.4, 0.5) is 0 Å². The Morgan fingerprint density at radius 2 is 2.17 bits per heavy atom. The molecule has 0 radical (unpaired) electrons. The van der Waals surface area contributed by atoms with Gasteiger partial charge in [0, 0.05) is 19.0 Å². The van der Waals surface area contributed by atoms with Gasteiger partial charge in [0.15, 0.2) is 0 Å². The number of nitrogens with zero attached hydrogens (tertiary/aromatic N) is 4. The number of nitrogens with two attached hydrogens (primary N) is 1. The monoisotopic (exact) mass is 347 g/mol. The lowest BCUT2D eigenvalue weighted by atomic mass is 10.1. The SMILES string of the molecule is CC(C)c1nc(C(=O)N2CCC(CN)C2)nn1-c1ccccc1Cl. The predicted octanol–water partition coefficient (Wildman–Crippen LogP) is 2.46. The number of amides is 1. The molecule has 24 heavy (non-hydrogen) atoms. The summed E-state index contributed by atoms with van der Waals surface area (Å²) in [6.45, 7) is 6.02. The van der Waals surface area contributed by atoms with Crippen LogP contribution in [0, 0.1) is 5.92 Å². The molecule has 1 amide bonds. The molecule has 0 aliphatic carbocycles. The molecular formula is C17H22ClN5O. The van der Waals surface area contributed by atoms with Crippen molar-refractivity contribution in [1.82, 2.24) is 19.7 Å². The molecule has 6 nitrogen and oxygen atoms in total. The van der Waals surface area contributed by atoms with Crippen molar-refractivity contribution < 1.29 is 4.79 Å². The van der Waals surface area contributed by atoms with Crippen LogP contribution >= 0.6 is 11.6 Å². The highest BCUT2D eigenvalue weighted by Gasteiger charge is 2.29. The van der Waals surface area contributed by atoms with E-state index in [1.165, 1.54) is 0 Å². The third kappa shape index (κ3) is 3.16. The van der Waals surface area contributed by atoms with Crippen molar-refractivity contribution in [1.29, 1.82) is 0 Å². The molecule has 2 N–H and O–H groups in total. The van der Waals surface area contributed by atoms with E-state index in [0.717, 1.165) is 17.9 Å². The van der Waals surface area contributed by atoms with Gasteiger partial charge >= 0.3 is 0 Å². The Morgan fingerprint density at radius 3 is 2.79 bits per heavy atom. The van der Waals surface area contributed by atoms with Crippen molar-refractivity contribution in [2.24, 2.45) is 11.7 Å². The Hall–Kier alpha value is -1.92. The Kier molecular flexibility index (Phi) is 4.87. The third-order valence-corrected chi connectivity index (χ3v) is 4.65. The average molecular weight is 348 g/mol. The predicted molar refractivity (Wildman–Crippen MR) is 93.5 cm³/mol. The molecule has 1 unspecified atom stereocenters. The van der Waals surface area contributed by atoms with Gasteiger partial charge in [-0.1, -0.05) is 37.6 Å². The normalized spacial score (nSPS) is 17.7. The highest BCUT2D eigenvalue weighted by molar-refractivity contribution is 6.32. The van der Waals surface area contributed by atoms with E-state index in [0.29, 0.717) is 30.6 Å². The molecule has 0 spiro atoms. The molecule has 2 heterocycles. The Balaban J connectivity index is 1.95. The van der Waals surface area contributed by atoms with E-state index in [1.54, 1.807) is 15.6 Å². The maximum atomic E-state index is 12.7. The molecule has 128 valence electrons. The van der Waals surface area contributed by atoms with E-state index in [1.807, 2.05) is 32.0 Å². The number of halogens is 1. The van der Waals surface area contributed by atoms with E-state index in [-0.39, 0.29) is 17.6 Å². The van der Waals surface area contributed by atoms with Crippen LogP contribution in [0.25, 0.3) is 5.69 Å². The molecule has 0 bridgehead atoms. The number of benzene rings is 1. The number of carbonyl (C=O) groups is 1. The number of rotatable bonds is 4. The third-order valence-electron chi connectivity index (χ3n) is 4.33. The molecule has 1 aliphatic heterocycles. The Morgan fingerprint density at radius 1 is 1.42 bits per heavy atom. The van der Waals surface area contributed by atoms with Crippen LogP contribution in [0.3, 0.4) is 0 Å². The lowest BCUT2D eigenvalue weighted by Crippen LogP contribution is -2.30. The molecule has 1 aliphatic rings. The maximum absolute atomic E-state index is 12.7. The highest BCUT2D eigenvalue weighted by Crippen LogP contribution is 2.24. The van der Waals surface area contributed by atoms with Gasteiger partial charge in [-0.3, -0.25) is 4.79 Å². The van der Waals surface area contributed by atoms with Gasteiger partial charge in [0.25, 0.3) is 5.91 Å². The van der Waals surface area contributed by atoms with Crippen LogP contribution in [-0.4, -0.2) is 45.2 Å². The summed E-state index contributed by atoms with van der Waals surface area (Å²) in [5, 5.41) is 5.03. The van der Waals surface area contributed by atoms with Gasteiger partial charge in [-0.2, -0.15) is 0 Å². The van der Waals surface area contributed by atoms with Gasteiger partial charge in [-0.05, 0) is 31.0 Å². The van der Waals surface area contributed by atoms with Gasteiger partial charge < -0.3 is 10.6 Å². The van der Waals surface area contributed by atoms with Crippen LogP contribution in [0.5, 0.6) is 0 Å². The zero-order valence-corrected chi connectivity index (χ0v) is 14.7. The van der Waals surface area contributed by atoms with Gasteiger partial charge in [0.05, 0.1) is 10.7 Å². The molecule has 1 aromatic carbocycles. The topological polar surface area (TPSA) is 77.0 Å². The number of para-hydroxylation sites is 1. The van der Waals surface area contributed by atoms with Gasteiger partial charge in [-0.15, -0.1) is 5.10 Å². The van der Waals surface area contributed by atoms with Gasteiger partial charge in [-0.25, -0.2) is 9.67 Å². The fourth-order valence-corrected chi connectivity index (χ4v) is 3.16. The molecule has 3 rings (SSSR count). The summed E-state index contributed by atoms with van der Waals surface area (Å²) in [7, 11) is 0. The second kappa shape index (κ2) is 6.91. The van der Waals surface area contributed by atoms with E-state index in [9.17, 15) is 4.79 Å². The number of aromatic nitrogens is 3. The number of carbonyl (C=O) groups excluding carboxylic acids is 1. The quantitative estimate of drug-likeness (QED) is 0.921. The molecule has 1 saturated heterocycles. The van der Waals surface area contributed by atoms with Crippen molar-refractivity contribution >= 4 is 17.5 Å². The summed E-state index contributed by atoms with van der Waals surface area (Å²) in [5.41, 5.74) is 6.44. The zero-order valence-electron chi connectivity index (χ0n) is 13.9. The highest BCUT2D eigenvalue weighted by atomic mass is 35.5. The molecule has 2 aromatic rings. The minimum atomic E-state index is -0.140. The van der Waals surface area contributed by atoms with Crippen molar-refractivity contribution in [3.63, 3.8) is 0 Å². The molecule has 1 fully saturated rings. The first-order valence-corrected chi connectivity index (χ1v) is 8.60. The standard InChI is InChI=1S/C17H22ClN5O/c1-11(2)16-20-15(17(24)22-8-7-12(9-19)10-22)21-23(16)14-6-4-3-5-13(14)18/h3-6,11-12H,7-10,19H2,1-2H3. The first-order valence-electron chi connectivity index (χ1n) is 8.22. The van der Waals surface area contributed by atoms with E-state index in [4.69, 9.17) is 17.3 Å². The molecule has 1 aromatic heterocycles. The van der Waals surface area contributed by atoms with Gasteiger partial charge in [0.2, 0.25) is 5.82 Å². The Labute approximate surface area is 146 Å². The minimum absolute atomic E-state index is 0.116. The number of hydrogen-bond donors (Lipinski definition) is 1. The second-order valence-electron chi connectivity index (χ2n) is 6.45. The first kappa shape index (κ1) is 16.9. The summed E-state index contributed by atoms with van der Waals surface area (Å²) in [5.74, 6) is 1.28. The minimum Gasteiger partial charge on any atom is -0.336 e. The molecule has 0 saturated carbocycles. The van der Waals surface area contributed by atoms with Crippen LogP contribution in [0.1, 0.15) is 42.6 Å².